The van der Waals surface area contributed by atoms with E-state index in [-0.39, 0.29) is 21.0 Å². The number of ether oxygens (including phenoxy) is 1. The summed E-state index contributed by atoms with van der Waals surface area (Å²) in [6.45, 7) is -0.591. The van der Waals surface area contributed by atoms with Crippen molar-refractivity contribution < 1.29 is 27.5 Å². The maximum atomic E-state index is 11.8. The molecule has 2 amide bonds. The van der Waals surface area contributed by atoms with Crippen molar-refractivity contribution in [3.05, 3.63) is 46.8 Å². The normalized spacial score (nSPS) is 10.9. The van der Waals surface area contributed by atoms with Crippen LogP contribution >= 0.6 is 11.3 Å². The Bertz CT molecular complexity index is 918. The number of rotatable bonds is 6. The van der Waals surface area contributed by atoms with Crippen LogP contribution in [0.25, 0.3) is 0 Å². The maximum absolute atomic E-state index is 11.8. The number of primary amides is 1. The van der Waals surface area contributed by atoms with Crippen molar-refractivity contribution in [2.24, 2.45) is 10.9 Å². The van der Waals surface area contributed by atoms with E-state index in [1.165, 1.54) is 18.2 Å². The van der Waals surface area contributed by atoms with Crippen LogP contribution in [-0.2, 0) is 19.6 Å². The molecule has 0 aliphatic carbocycles. The number of nitrogens with two attached hydrogens (primary N) is 2. The van der Waals surface area contributed by atoms with E-state index >= 15 is 0 Å². The summed E-state index contributed by atoms with van der Waals surface area (Å²) in [5.41, 5.74) is 5.36. The van der Waals surface area contributed by atoms with Gasteiger partial charge in [0.05, 0.1) is 16.0 Å². The fourth-order valence-electron chi connectivity index (χ4n) is 1.76. The Morgan fingerprint density at radius 1 is 1.12 bits per heavy atom. The Kier molecular flexibility index (Phi) is 5.51. The molecule has 1 aromatic carbocycles. The first-order valence-electron chi connectivity index (χ1n) is 6.65. The molecule has 0 atom stereocenters. The first-order chi connectivity index (χ1) is 11.7. The molecule has 5 N–H and O–H groups in total. The quantitative estimate of drug-likeness (QED) is 0.608. The summed E-state index contributed by atoms with van der Waals surface area (Å²) in [6, 6.07) is 6.18. The SMILES string of the molecule is NC(=O)c1ccsc1NC(=O)COC(=O)c1ccc(S(N)(=O)=O)cc1. The molecular weight excluding hydrogens is 370 g/mol. The van der Waals surface area contributed by atoms with E-state index in [0.717, 1.165) is 23.5 Å². The number of sulfonamides is 1. The predicted molar refractivity (Wildman–Crippen MR) is 89.6 cm³/mol. The molecule has 0 saturated heterocycles. The highest BCUT2D eigenvalue weighted by molar-refractivity contribution is 7.89. The number of benzene rings is 1. The molecule has 0 aliphatic rings. The van der Waals surface area contributed by atoms with Crippen molar-refractivity contribution in [1.29, 1.82) is 0 Å². The highest BCUT2D eigenvalue weighted by Gasteiger charge is 2.15. The number of hydrogen-bond donors (Lipinski definition) is 3. The molecule has 0 fully saturated rings. The molecule has 1 aromatic heterocycles. The Hall–Kier alpha value is -2.76. The molecule has 0 radical (unpaired) electrons. The fourth-order valence-corrected chi connectivity index (χ4v) is 3.08. The summed E-state index contributed by atoms with van der Waals surface area (Å²) in [4.78, 5) is 34.6. The van der Waals surface area contributed by atoms with Gasteiger partial charge in [0.2, 0.25) is 10.0 Å². The largest absolute Gasteiger partial charge is 0.452 e. The van der Waals surface area contributed by atoms with Crippen LogP contribution in [-0.4, -0.2) is 32.8 Å². The smallest absolute Gasteiger partial charge is 0.338 e. The number of nitrogens with one attached hydrogen (secondary N) is 1. The van der Waals surface area contributed by atoms with Gasteiger partial charge in [0.15, 0.2) is 6.61 Å². The summed E-state index contributed by atoms with van der Waals surface area (Å²) in [7, 11) is -3.86. The zero-order valence-corrected chi connectivity index (χ0v) is 14.2. The number of carbonyl (C=O) groups is 3. The van der Waals surface area contributed by atoms with Crippen LogP contribution in [0.2, 0.25) is 0 Å². The second kappa shape index (κ2) is 7.42. The molecule has 0 spiro atoms. The van der Waals surface area contributed by atoms with Crippen LogP contribution in [0.5, 0.6) is 0 Å². The molecule has 11 heteroatoms. The number of esters is 1. The molecule has 0 bridgehead atoms. The average Bonchev–Trinajstić information content (AvgIpc) is 3.00. The Morgan fingerprint density at radius 2 is 1.76 bits per heavy atom. The number of thiophene rings is 1. The second-order valence-corrected chi connectivity index (χ2v) is 7.20. The van der Waals surface area contributed by atoms with Crippen molar-refractivity contribution in [3.63, 3.8) is 0 Å². The molecule has 0 unspecified atom stereocenters. The third-order valence-corrected chi connectivity index (χ3v) is 4.70. The Balaban J connectivity index is 1.94. The lowest BCUT2D eigenvalue weighted by Crippen LogP contribution is -2.22. The number of primary sulfonamides is 1. The van der Waals surface area contributed by atoms with E-state index in [2.05, 4.69) is 5.32 Å². The van der Waals surface area contributed by atoms with Crippen molar-refractivity contribution in [2.75, 3.05) is 11.9 Å². The third kappa shape index (κ3) is 4.86. The van der Waals surface area contributed by atoms with Crippen LogP contribution < -0.4 is 16.2 Å². The lowest BCUT2D eigenvalue weighted by atomic mass is 10.2. The minimum atomic E-state index is -3.86. The van der Waals surface area contributed by atoms with Gasteiger partial charge in [0, 0.05) is 0 Å². The monoisotopic (exact) mass is 383 g/mol. The van der Waals surface area contributed by atoms with Crippen LogP contribution in [0.3, 0.4) is 0 Å². The topological polar surface area (TPSA) is 159 Å². The summed E-state index contributed by atoms with van der Waals surface area (Å²) < 4.78 is 27.1. The number of hydrogen-bond acceptors (Lipinski definition) is 7. The number of amides is 2. The van der Waals surface area contributed by atoms with Gasteiger partial charge in [-0.05, 0) is 35.7 Å². The van der Waals surface area contributed by atoms with Crippen molar-refractivity contribution in [1.82, 2.24) is 0 Å². The van der Waals surface area contributed by atoms with Gasteiger partial charge in [-0.3, -0.25) is 9.59 Å². The van der Waals surface area contributed by atoms with Gasteiger partial charge in [-0.15, -0.1) is 11.3 Å². The molecule has 0 aliphatic heterocycles. The van der Waals surface area contributed by atoms with Crippen LogP contribution in [0.1, 0.15) is 20.7 Å². The molecule has 1 heterocycles. The first-order valence-corrected chi connectivity index (χ1v) is 9.08. The summed E-state index contributed by atoms with van der Waals surface area (Å²) in [5.74, 6) is -2.17. The van der Waals surface area contributed by atoms with Crippen LogP contribution in [0, 0.1) is 0 Å². The van der Waals surface area contributed by atoms with Gasteiger partial charge in [0.1, 0.15) is 5.00 Å². The molecule has 9 nitrogen and oxygen atoms in total. The van der Waals surface area contributed by atoms with Gasteiger partial charge >= 0.3 is 5.97 Å². The first kappa shape index (κ1) is 18.6. The number of anilines is 1. The molecule has 25 heavy (non-hydrogen) atoms. The lowest BCUT2D eigenvalue weighted by molar-refractivity contribution is -0.119. The molecule has 132 valence electrons. The van der Waals surface area contributed by atoms with Crippen molar-refractivity contribution >= 4 is 44.1 Å². The van der Waals surface area contributed by atoms with Gasteiger partial charge in [-0.1, -0.05) is 0 Å². The second-order valence-electron chi connectivity index (χ2n) is 4.72. The average molecular weight is 383 g/mol. The predicted octanol–water partition coefficient (Wildman–Crippen LogP) is 0.290. The number of carbonyl (C=O) groups excluding carboxylic acids is 3. The zero-order valence-electron chi connectivity index (χ0n) is 12.6. The minimum absolute atomic E-state index is 0.0501. The van der Waals surface area contributed by atoms with Gasteiger partial charge in [0.25, 0.3) is 11.8 Å². The maximum Gasteiger partial charge on any atom is 0.338 e. The molecule has 2 aromatic rings. The van der Waals surface area contributed by atoms with Gasteiger partial charge < -0.3 is 15.8 Å². The van der Waals surface area contributed by atoms with E-state index in [9.17, 15) is 22.8 Å². The standard InChI is InChI=1S/C14H13N3O6S2/c15-12(19)10-5-6-24-13(10)17-11(18)7-23-14(20)8-1-3-9(4-2-8)25(16,21)22/h1-6H,7H2,(H2,15,19)(H,17,18)(H2,16,21,22). The van der Waals surface area contributed by atoms with E-state index in [4.69, 9.17) is 15.6 Å². The molecular formula is C14H13N3O6S2. The third-order valence-electron chi connectivity index (χ3n) is 2.94. The van der Waals surface area contributed by atoms with Gasteiger partial charge in [-0.25, -0.2) is 18.4 Å². The van der Waals surface area contributed by atoms with E-state index < -0.39 is 34.4 Å². The Morgan fingerprint density at radius 3 is 2.32 bits per heavy atom. The van der Waals surface area contributed by atoms with Crippen molar-refractivity contribution in [3.8, 4) is 0 Å². The molecule has 0 saturated carbocycles. The fraction of sp³-hybridized carbons (Fsp3) is 0.0714. The lowest BCUT2D eigenvalue weighted by Gasteiger charge is -2.06. The molecule has 2 rings (SSSR count). The summed E-state index contributed by atoms with van der Waals surface area (Å²) >= 11 is 1.10. The summed E-state index contributed by atoms with van der Waals surface area (Å²) in [6.07, 6.45) is 0. The summed E-state index contributed by atoms with van der Waals surface area (Å²) in [5, 5.41) is 9.20. The highest BCUT2D eigenvalue weighted by atomic mass is 32.2. The van der Waals surface area contributed by atoms with Crippen LogP contribution in [0.4, 0.5) is 5.00 Å². The van der Waals surface area contributed by atoms with E-state index in [1.54, 1.807) is 5.38 Å². The van der Waals surface area contributed by atoms with Crippen LogP contribution in [0.15, 0.2) is 40.6 Å². The minimum Gasteiger partial charge on any atom is -0.452 e. The van der Waals surface area contributed by atoms with Gasteiger partial charge in [-0.2, -0.15) is 0 Å². The van der Waals surface area contributed by atoms with E-state index in [1.807, 2.05) is 0 Å². The Labute approximate surface area is 146 Å². The van der Waals surface area contributed by atoms with E-state index in [0.29, 0.717) is 0 Å². The highest BCUT2D eigenvalue weighted by Crippen LogP contribution is 2.22. The zero-order chi connectivity index (χ0) is 18.6. The van der Waals surface area contributed by atoms with Crippen molar-refractivity contribution in [2.45, 2.75) is 4.90 Å².